The predicted molar refractivity (Wildman–Crippen MR) is 33.6 cm³/mol. The van der Waals surface area contributed by atoms with E-state index in [-0.39, 0.29) is 7.43 Å². The fourth-order valence-electron chi connectivity index (χ4n) is 0. The summed E-state index contributed by atoms with van der Waals surface area (Å²) in [4.78, 5) is 0. The molecule has 1 heteroatoms. The normalized spacial score (nSPS) is 10.0. The van der Waals surface area contributed by atoms with E-state index in [4.69, 9.17) is 0 Å². The molecule has 0 aliphatic heterocycles. The first kappa shape index (κ1) is 9.93. The standard InChI is InChI=1S/C4H9.CH4.Sn.H/c1-4(2)3;;;/h1-3H3;1H4;;. The van der Waals surface area contributed by atoms with Gasteiger partial charge >= 0.3 is 46.7 Å². The SMILES string of the molecule is C.C[C](C)(C)[SnH]. The van der Waals surface area contributed by atoms with E-state index in [1.54, 1.807) is 0 Å². The second kappa shape index (κ2) is 2.89. The Bertz CT molecular complexity index is 19.4. The molecule has 0 amide bonds. The van der Waals surface area contributed by atoms with Crippen LogP contribution in [0, 0.1) is 0 Å². The van der Waals surface area contributed by atoms with Crippen LogP contribution < -0.4 is 0 Å². The van der Waals surface area contributed by atoms with E-state index in [1.165, 1.54) is 22.5 Å². The molecule has 0 heterocycles. The molecule has 0 unspecified atom stereocenters. The zero-order valence-electron chi connectivity index (χ0n) is 4.08. The topological polar surface area (TPSA) is 0 Å². The van der Waals surface area contributed by atoms with Gasteiger partial charge in [-0.3, -0.25) is 0 Å². The average Bonchev–Trinajstić information content (AvgIpc) is 0.722. The van der Waals surface area contributed by atoms with Gasteiger partial charge in [-0.25, -0.2) is 0 Å². The summed E-state index contributed by atoms with van der Waals surface area (Å²) in [6.07, 6.45) is 0. The van der Waals surface area contributed by atoms with Gasteiger partial charge < -0.3 is 0 Å². The van der Waals surface area contributed by atoms with Crippen LogP contribution in [0.15, 0.2) is 0 Å². The van der Waals surface area contributed by atoms with Crippen LogP contribution >= 0.6 is 0 Å². The molecule has 0 aromatic heterocycles. The quantitative estimate of drug-likeness (QED) is 0.514. The van der Waals surface area contributed by atoms with Crippen molar-refractivity contribution < 1.29 is 0 Å². The zero-order valence-corrected chi connectivity index (χ0v) is 7.37. The van der Waals surface area contributed by atoms with Gasteiger partial charge in [-0.05, 0) is 0 Å². The third-order valence-electron chi connectivity index (χ3n) is 0. The van der Waals surface area contributed by atoms with Crippen molar-refractivity contribution in [1.82, 2.24) is 0 Å². The summed E-state index contributed by atoms with van der Waals surface area (Å²) in [5.74, 6) is 0. The van der Waals surface area contributed by atoms with Gasteiger partial charge in [0, 0.05) is 0 Å². The maximum absolute atomic E-state index is 2.25. The van der Waals surface area contributed by atoms with Gasteiger partial charge in [0.25, 0.3) is 0 Å². The molecule has 0 saturated heterocycles. The van der Waals surface area contributed by atoms with E-state index in [9.17, 15) is 0 Å². The van der Waals surface area contributed by atoms with E-state index in [0.29, 0.717) is 3.43 Å². The molecule has 0 bridgehead atoms. The van der Waals surface area contributed by atoms with Crippen LogP contribution in [0.5, 0.6) is 0 Å². The van der Waals surface area contributed by atoms with Crippen molar-refractivity contribution >= 4 is 22.5 Å². The van der Waals surface area contributed by atoms with Crippen LogP contribution in [0.4, 0.5) is 0 Å². The third kappa shape index (κ3) is 109. The summed E-state index contributed by atoms with van der Waals surface area (Å²) in [7, 11) is 0. The molecule has 0 fully saturated rings. The summed E-state index contributed by atoms with van der Waals surface area (Å²) >= 11 is 1.36. The fraction of sp³-hybridized carbons (Fsp3) is 1.00. The van der Waals surface area contributed by atoms with Crippen LogP contribution in [0.3, 0.4) is 0 Å². The van der Waals surface area contributed by atoms with E-state index in [2.05, 4.69) is 20.8 Å². The molecule has 0 rings (SSSR count). The predicted octanol–water partition coefficient (Wildman–Crippen LogP) is 1.74. The molecule has 2 radical (unpaired) electrons. The zero-order chi connectivity index (χ0) is 4.50. The van der Waals surface area contributed by atoms with Crippen molar-refractivity contribution in [3.05, 3.63) is 0 Å². The Morgan fingerprint density at radius 3 is 1.17 bits per heavy atom. The first-order valence-electron chi connectivity index (χ1n) is 1.79. The van der Waals surface area contributed by atoms with E-state index < -0.39 is 0 Å². The Labute approximate surface area is 54.4 Å². The van der Waals surface area contributed by atoms with Gasteiger partial charge in [0.1, 0.15) is 0 Å². The van der Waals surface area contributed by atoms with Crippen LogP contribution in [-0.2, 0) is 0 Å². The van der Waals surface area contributed by atoms with E-state index in [0.717, 1.165) is 0 Å². The van der Waals surface area contributed by atoms with Crippen LogP contribution in [0.2, 0.25) is 3.43 Å². The average molecular weight is 193 g/mol. The second-order valence-electron chi connectivity index (χ2n) is 2.37. The minimum absolute atomic E-state index is 0. The van der Waals surface area contributed by atoms with E-state index in [1.807, 2.05) is 0 Å². The van der Waals surface area contributed by atoms with Gasteiger partial charge in [-0.15, -0.1) is 0 Å². The first-order valence-corrected chi connectivity index (χ1v) is 3.44. The Balaban J connectivity index is 0. The Hall–Kier alpha value is 0.799. The van der Waals surface area contributed by atoms with Gasteiger partial charge in [-0.2, -0.15) is 0 Å². The van der Waals surface area contributed by atoms with Crippen molar-refractivity contribution in [1.29, 1.82) is 0 Å². The Kier molecular flexibility index (Phi) is 4.78. The van der Waals surface area contributed by atoms with E-state index >= 15 is 0 Å². The molecule has 38 valence electrons. The summed E-state index contributed by atoms with van der Waals surface area (Å²) < 4.78 is 0.630. The summed E-state index contributed by atoms with van der Waals surface area (Å²) in [5, 5.41) is 0. The molecule has 0 atom stereocenters. The van der Waals surface area contributed by atoms with Gasteiger partial charge in [0.15, 0.2) is 0 Å². The number of rotatable bonds is 0. The molecular weight excluding hydrogens is 179 g/mol. The van der Waals surface area contributed by atoms with Crippen molar-refractivity contribution in [3.63, 3.8) is 0 Å². The van der Waals surface area contributed by atoms with Crippen molar-refractivity contribution in [2.75, 3.05) is 0 Å². The van der Waals surface area contributed by atoms with Crippen molar-refractivity contribution in [2.24, 2.45) is 0 Å². The van der Waals surface area contributed by atoms with Crippen molar-refractivity contribution in [2.45, 2.75) is 31.6 Å². The molecular formula is C5H14Sn. The Morgan fingerprint density at radius 1 is 1.17 bits per heavy atom. The number of hydrogen-bond donors (Lipinski definition) is 0. The minimum atomic E-state index is 0. The molecule has 0 aliphatic carbocycles. The van der Waals surface area contributed by atoms with Crippen LogP contribution in [-0.4, -0.2) is 22.5 Å². The first-order chi connectivity index (χ1) is 2.00. The summed E-state index contributed by atoms with van der Waals surface area (Å²) in [5.41, 5.74) is 0. The summed E-state index contributed by atoms with van der Waals surface area (Å²) in [6, 6.07) is 0. The van der Waals surface area contributed by atoms with Crippen molar-refractivity contribution in [3.8, 4) is 0 Å². The van der Waals surface area contributed by atoms with Crippen LogP contribution in [0.1, 0.15) is 28.2 Å². The maximum atomic E-state index is 2.25. The van der Waals surface area contributed by atoms with Gasteiger partial charge in [0.05, 0.1) is 0 Å². The fourth-order valence-corrected chi connectivity index (χ4v) is 0. The number of hydrogen-bond acceptors (Lipinski definition) is 0. The molecule has 0 spiro atoms. The van der Waals surface area contributed by atoms with Crippen LogP contribution in [0.25, 0.3) is 0 Å². The molecule has 0 N–H and O–H groups in total. The van der Waals surface area contributed by atoms with Gasteiger partial charge in [0.2, 0.25) is 0 Å². The molecule has 6 heavy (non-hydrogen) atoms. The Morgan fingerprint density at radius 2 is 1.17 bits per heavy atom. The monoisotopic (exact) mass is 194 g/mol. The third-order valence-corrected chi connectivity index (χ3v) is 0. The van der Waals surface area contributed by atoms with Gasteiger partial charge in [-0.1, -0.05) is 7.43 Å². The molecule has 0 aromatic rings. The molecule has 0 aliphatic rings. The molecule has 0 saturated carbocycles. The second-order valence-corrected chi connectivity index (χ2v) is 7.31. The molecule has 0 aromatic carbocycles. The molecule has 0 nitrogen and oxygen atoms in total. The summed E-state index contributed by atoms with van der Waals surface area (Å²) in [6.45, 7) is 6.74.